The van der Waals surface area contributed by atoms with Crippen molar-refractivity contribution in [3.8, 4) is 6.07 Å². The first kappa shape index (κ1) is 15.6. The summed E-state index contributed by atoms with van der Waals surface area (Å²) in [5, 5.41) is 14.9. The monoisotopic (exact) mass is 300 g/mol. The molecule has 0 unspecified atom stereocenters. The molecule has 0 amide bonds. The molecule has 114 valence electrons. The number of benzene rings is 1. The second-order valence-corrected chi connectivity index (χ2v) is 4.60. The van der Waals surface area contributed by atoms with Gasteiger partial charge in [-0.2, -0.15) is 5.26 Å². The molecule has 1 aromatic heterocycles. The van der Waals surface area contributed by atoms with Crippen molar-refractivity contribution in [2.75, 3.05) is 13.6 Å². The quantitative estimate of drug-likeness (QED) is 0.656. The maximum absolute atomic E-state index is 13.8. The van der Waals surface area contributed by atoms with Crippen LogP contribution in [0.1, 0.15) is 16.9 Å². The Morgan fingerprint density at radius 2 is 2.23 bits per heavy atom. The summed E-state index contributed by atoms with van der Waals surface area (Å²) in [6.45, 7) is 0.945. The van der Waals surface area contributed by atoms with Crippen molar-refractivity contribution in [3.05, 3.63) is 59.3 Å². The molecule has 2 N–H and O–H groups in total. The van der Waals surface area contributed by atoms with E-state index in [1.165, 1.54) is 6.07 Å². The number of rotatable bonds is 5. The van der Waals surface area contributed by atoms with Gasteiger partial charge in [-0.1, -0.05) is 6.07 Å². The fourth-order valence-corrected chi connectivity index (χ4v) is 1.92. The van der Waals surface area contributed by atoms with Gasteiger partial charge in [0.25, 0.3) is 0 Å². The zero-order valence-corrected chi connectivity index (χ0v) is 12.3. The Hall–Kier alpha value is -2.81. The van der Waals surface area contributed by atoms with E-state index < -0.39 is 5.82 Å². The van der Waals surface area contributed by atoms with Crippen molar-refractivity contribution in [2.45, 2.75) is 13.0 Å². The Kier molecular flexibility index (Phi) is 5.55. The summed E-state index contributed by atoms with van der Waals surface area (Å²) in [6, 6.07) is 10.1. The molecule has 2 rings (SSSR count). The summed E-state index contributed by atoms with van der Waals surface area (Å²) in [6.07, 6.45) is 2.37. The van der Waals surface area contributed by atoms with Crippen molar-refractivity contribution in [2.24, 2.45) is 4.99 Å². The van der Waals surface area contributed by atoms with Gasteiger partial charge in [-0.25, -0.2) is 4.39 Å². The van der Waals surface area contributed by atoms with E-state index in [9.17, 15) is 4.39 Å². The molecule has 0 bridgehead atoms. The van der Waals surface area contributed by atoms with E-state index in [0.29, 0.717) is 23.6 Å². The Bertz CT molecular complexity index is 674. The summed E-state index contributed by atoms with van der Waals surface area (Å²) < 4.78 is 19.0. The highest BCUT2D eigenvalue weighted by molar-refractivity contribution is 5.79. The summed E-state index contributed by atoms with van der Waals surface area (Å²) in [7, 11) is 1.65. The zero-order chi connectivity index (χ0) is 15.8. The second-order valence-electron chi connectivity index (χ2n) is 4.60. The average Bonchev–Trinajstić information content (AvgIpc) is 3.05. The Balaban J connectivity index is 1.82. The number of hydrogen-bond acceptors (Lipinski definition) is 3. The summed E-state index contributed by atoms with van der Waals surface area (Å²) in [4.78, 5) is 4.07. The number of hydrogen-bond donors (Lipinski definition) is 2. The van der Waals surface area contributed by atoms with Gasteiger partial charge >= 0.3 is 0 Å². The second kappa shape index (κ2) is 7.84. The number of nitriles is 1. The fourth-order valence-electron chi connectivity index (χ4n) is 1.92. The highest BCUT2D eigenvalue weighted by atomic mass is 19.1. The van der Waals surface area contributed by atoms with E-state index in [1.54, 1.807) is 25.4 Å². The average molecular weight is 300 g/mol. The third-order valence-electron chi connectivity index (χ3n) is 3.10. The molecule has 6 heteroatoms. The fraction of sp³-hybridized carbons (Fsp3) is 0.250. The van der Waals surface area contributed by atoms with Gasteiger partial charge in [0.1, 0.15) is 11.6 Å². The molecule has 5 nitrogen and oxygen atoms in total. The first-order chi connectivity index (χ1) is 10.7. The molecule has 0 aliphatic rings. The zero-order valence-electron chi connectivity index (χ0n) is 12.3. The minimum absolute atomic E-state index is 0.290. The maximum Gasteiger partial charge on any atom is 0.191 e. The summed E-state index contributed by atoms with van der Waals surface area (Å²) in [5.74, 6) is 1.06. The van der Waals surface area contributed by atoms with Crippen molar-refractivity contribution >= 4 is 5.96 Å². The predicted molar refractivity (Wildman–Crippen MR) is 81.7 cm³/mol. The lowest BCUT2D eigenvalue weighted by Gasteiger charge is -2.12. The molecule has 0 radical (unpaired) electrons. The Labute approximate surface area is 128 Å². The lowest BCUT2D eigenvalue weighted by Crippen LogP contribution is -2.38. The molecule has 0 saturated heterocycles. The van der Waals surface area contributed by atoms with Crippen LogP contribution >= 0.6 is 0 Å². The van der Waals surface area contributed by atoms with Gasteiger partial charge in [0.05, 0.1) is 17.9 Å². The van der Waals surface area contributed by atoms with Gasteiger partial charge in [-0.3, -0.25) is 4.99 Å². The largest absolute Gasteiger partial charge is 0.469 e. The third kappa shape index (κ3) is 4.35. The van der Waals surface area contributed by atoms with Crippen LogP contribution in [-0.4, -0.2) is 19.6 Å². The molecular formula is C16H17FN4O. The molecule has 0 aliphatic carbocycles. The van der Waals surface area contributed by atoms with Crippen LogP contribution in [0.4, 0.5) is 4.39 Å². The topological polar surface area (TPSA) is 73.3 Å². The van der Waals surface area contributed by atoms with Crippen molar-refractivity contribution in [1.29, 1.82) is 5.26 Å². The minimum Gasteiger partial charge on any atom is -0.469 e. The number of furan rings is 1. The van der Waals surface area contributed by atoms with Crippen LogP contribution in [0.5, 0.6) is 0 Å². The van der Waals surface area contributed by atoms with Crippen LogP contribution in [0.25, 0.3) is 0 Å². The van der Waals surface area contributed by atoms with Gasteiger partial charge in [0.2, 0.25) is 0 Å². The first-order valence-corrected chi connectivity index (χ1v) is 6.88. The van der Waals surface area contributed by atoms with Gasteiger partial charge in [0, 0.05) is 32.1 Å². The molecule has 1 heterocycles. The normalized spacial score (nSPS) is 11.0. The minimum atomic E-state index is -0.405. The molecule has 0 fully saturated rings. The van der Waals surface area contributed by atoms with Crippen molar-refractivity contribution < 1.29 is 8.81 Å². The molecule has 22 heavy (non-hydrogen) atoms. The lowest BCUT2D eigenvalue weighted by atomic mass is 10.1. The molecular weight excluding hydrogens is 283 g/mol. The number of nitrogens with zero attached hydrogens (tertiary/aromatic N) is 2. The summed E-state index contributed by atoms with van der Waals surface area (Å²) >= 11 is 0. The highest BCUT2D eigenvalue weighted by Gasteiger charge is 2.05. The highest BCUT2D eigenvalue weighted by Crippen LogP contribution is 2.09. The molecule has 0 saturated carbocycles. The number of aliphatic imine (C=N–C) groups is 1. The van der Waals surface area contributed by atoms with Crippen LogP contribution in [-0.2, 0) is 13.0 Å². The van der Waals surface area contributed by atoms with Crippen LogP contribution in [0.15, 0.2) is 46.0 Å². The summed E-state index contributed by atoms with van der Waals surface area (Å²) in [5.41, 5.74) is 0.787. The van der Waals surface area contributed by atoms with Crippen molar-refractivity contribution in [3.63, 3.8) is 0 Å². The van der Waals surface area contributed by atoms with Crippen molar-refractivity contribution in [1.82, 2.24) is 10.6 Å². The molecule has 1 aromatic carbocycles. The Morgan fingerprint density at radius 1 is 1.36 bits per heavy atom. The van der Waals surface area contributed by atoms with E-state index >= 15 is 0 Å². The third-order valence-corrected chi connectivity index (χ3v) is 3.10. The first-order valence-electron chi connectivity index (χ1n) is 6.88. The maximum atomic E-state index is 13.8. The van der Waals surface area contributed by atoms with Crippen LogP contribution in [0.3, 0.4) is 0 Å². The standard InChI is InChI=1S/C16H17FN4O/c1-19-16(20-7-6-14-3-2-8-22-14)21-11-13-5-4-12(10-18)9-15(13)17/h2-5,8-9H,6-7,11H2,1H3,(H2,19,20,21). The number of guanidine groups is 1. The lowest BCUT2D eigenvalue weighted by molar-refractivity contribution is 0.506. The molecule has 2 aromatic rings. The van der Waals surface area contributed by atoms with Crippen LogP contribution in [0, 0.1) is 17.1 Å². The van der Waals surface area contributed by atoms with E-state index in [-0.39, 0.29) is 6.54 Å². The van der Waals surface area contributed by atoms with E-state index in [2.05, 4.69) is 15.6 Å². The number of halogens is 1. The molecule has 0 aliphatic heterocycles. The molecule has 0 atom stereocenters. The SMILES string of the molecule is CN=C(NCCc1ccco1)NCc1ccc(C#N)cc1F. The van der Waals surface area contributed by atoms with E-state index in [4.69, 9.17) is 9.68 Å². The smallest absolute Gasteiger partial charge is 0.191 e. The van der Waals surface area contributed by atoms with Gasteiger partial charge in [0.15, 0.2) is 5.96 Å². The van der Waals surface area contributed by atoms with Gasteiger partial charge < -0.3 is 15.1 Å². The van der Waals surface area contributed by atoms with Gasteiger partial charge in [-0.15, -0.1) is 0 Å². The van der Waals surface area contributed by atoms with E-state index in [0.717, 1.165) is 12.2 Å². The van der Waals surface area contributed by atoms with Crippen LogP contribution < -0.4 is 10.6 Å². The molecule has 0 spiro atoms. The number of nitrogens with one attached hydrogen (secondary N) is 2. The van der Waals surface area contributed by atoms with Gasteiger partial charge in [-0.05, 0) is 24.3 Å². The van der Waals surface area contributed by atoms with E-state index in [1.807, 2.05) is 18.2 Å². The predicted octanol–water partition coefficient (Wildman–Crippen LogP) is 2.20. The Morgan fingerprint density at radius 3 is 2.86 bits per heavy atom. The van der Waals surface area contributed by atoms with Crippen LogP contribution in [0.2, 0.25) is 0 Å².